The Morgan fingerprint density at radius 2 is 1.40 bits per heavy atom. The molecule has 1 saturated carbocycles. The maximum Gasteiger partial charge on any atom is 0.0106 e. The first-order valence-corrected chi connectivity index (χ1v) is 6.38. The van der Waals surface area contributed by atoms with Crippen LogP contribution in [0.15, 0.2) is 0 Å². The molecule has 0 aromatic carbocycles. The highest BCUT2D eigenvalue weighted by Crippen LogP contribution is 2.58. The fraction of sp³-hybridized carbons (Fsp3) is 1.00. The summed E-state index contributed by atoms with van der Waals surface area (Å²) in [7, 11) is 0. The number of hydrogen-bond acceptors (Lipinski definition) is 1. The molecule has 1 atom stereocenters. The number of hydrogen-bond donors (Lipinski definition) is 1. The van der Waals surface area contributed by atoms with Crippen molar-refractivity contribution in [3.63, 3.8) is 0 Å². The third kappa shape index (κ3) is 1.95. The summed E-state index contributed by atoms with van der Waals surface area (Å²) in [6.45, 7) is 14.2. The predicted molar refractivity (Wildman–Crippen MR) is 67.8 cm³/mol. The summed E-state index contributed by atoms with van der Waals surface area (Å²) in [5, 5.41) is 0. The molecule has 0 amide bonds. The van der Waals surface area contributed by atoms with Crippen LogP contribution < -0.4 is 5.73 Å². The van der Waals surface area contributed by atoms with Crippen LogP contribution in [0.1, 0.15) is 67.2 Å². The monoisotopic (exact) mass is 211 g/mol. The molecule has 0 aromatic heterocycles. The van der Waals surface area contributed by atoms with Crippen molar-refractivity contribution in [3.8, 4) is 0 Å². The van der Waals surface area contributed by atoms with E-state index in [0.717, 1.165) is 0 Å². The fourth-order valence-corrected chi connectivity index (χ4v) is 4.19. The average Bonchev–Trinajstić information content (AvgIpc) is 2.00. The van der Waals surface area contributed by atoms with Crippen LogP contribution in [-0.2, 0) is 0 Å². The van der Waals surface area contributed by atoms with E-state index in [4.69, 9.17) is 5.73 Å². The lowest BCUT2D eigenvalue weighted by Gasteiger charge is -2.59. The van der Waals surface area contributed by atoms with E-state index in [9.17, 15) is 0 Å². The first-order chi connectivity index (χ1) is 6.63. The lowest BCUT2D eigenvalue weighted by Crippen LogP contribution is -2.59. The molecule has 1 aliphatic rings. The van der Waals surface area contributed by atoms with E-state index in [1.807, 2.05) is 0 Å². The Hall–Kier alpha value is -0.0400. The van der Waals surface area contributed by atoms with Crippen molar-refractivity contribution in [2.75, 3.05) is 0 Å². The third-order valence-corrected chi connectivity index (χ3v) is 4.65. The van der Waals surface area contributed by atoms with Crippen molar-refractivity contribution < 1.29 is 0 Å². The van der Waals surface area contributed by atoms with Gasteiger partial charge in [0.25, 0.3) is 0 Å². The minimum Gasteiger partial charge on any atom is -0.327 e. The standard InChI is InChI=1S/C14H29N/c1-12(2,3)14(13(4,5)6)10-8-7-9-11(14)15/h11H,7-10,15H2,1-6H3/t11-/m1/s1. The van der Waals surface area contributed by atoms with Gasteiger partial charge >= 0.3 is 0 Å². The lowest BCUT2D eigenvalue weighted by atomic mass is 9.47. The minimum absolute atomic E-state index is 0.290. The molecule has 15 heavy (non-hydrogen) atoms. The van der Waals surface area contributed by atoms with E-state index in [-0.39, 0.29) is 5.41 Å². The molecule has 0 aromatic rings. The third-order valence-electron chi connectivity index (χ3n) is 4.65. The molecular formula is C14H29N. The number of nitrogens with two attached hydrogens (primary N) is 1. The van der Waals surface area contributed by atoms with Crippen molar-refractivity contribution in [1.29, 1.82) is 0 Å². The molecule has 1 rings (SSSR count). The summed E-state index contributed by atoms with van der Waals surface area (Å²) >= 11 is 0. The van der Waals surface area contributed by atoms with Crippen LogP contribution in [0.25, 0.3) is 0 Å². The molecule has 0 saturated heterocycles. The summed E-state index contributed by atoms with van der Waals surface area (Å²) in [4.78, 5) is 0. The lowest BCUT2D eigenvalue weighted by molar-refractivity contribution is -0.0798. The minimum atomic E-state index is 0.290. The maximum absolute atomic E-state index is 6.49. The Morgan fingerprint density at radius 3 is 1.67 bits per heavy atom. The van der Waals surface area contributed by atoms with Crippen LogP contribution in [0.4, 0.5) is 0 Å². The van der Waals surface area contributed by atoms with Gasteiger partial charge in [0.1, 0.15) is 0 Å². The van der Waals surface area contributed by atoms with E-state index in [1.165, 1.54) is 25.7 Å². The van der Waals surface area contributed by atoms with Crippen molar-refractivity contribution in [1.82, 2.24) is 0 Å². The molecule has 0 aliphatic heterocycles. The molecule has 1 fully saturated rings. The summed E-state index contributed by atoms with van der Waals surface area (Å²) in [5.41, 5.74) is 7.37. The van der Waals surface area contributed by atoms with E-state index in [1.54, 1.807) is 0 Å². The molecule has 2 N–H and O–H groups in total. The molecule has 0 heterocycles. The molecule has 1 heteroatoms. The second-order valence-corrected chi connectivity index (χ2v) is 7.32. The van der Waals surface area contributed by atoms with Crippen LogP contribution in [0.2, 0.25) is 0 Å². The Morgan fingerprint density at radius 1 is 0.933 bits per heavy atom. The predicted octanol–water partition coefficient (Wildman–Crippen LogP) is 3.97. The van der Waals surface area contributed by atoms with Gasteiger partial charge in [0.05, 0.1) is 0 Å². The number of rotatable bonds is 0. The Kier molecular flexibility index (Phi) is 3.27. The molecule has 0 bridgehead atoms. The van der Waals surface area contributed by atoms with Crippen molar-refractivity contribution in [3.05, 3.63) is 0 Å². The van der Waals surface area contributed by atoms with Crippen LogP contribution in [0.5, 0.6) is 0 Å². The van der Waals surface area contributed by atoms with Crippen LogP contribution in [0, 0.1) is 16.2 Å². The largest absolute Gasteiger partial charge is 0.327 e. The molecule has 1 nitrogen and oxygen atoms in total. The summed E-state index contributed by atoms with van der Waals surface area (Å²) < 4.78 is 0. The fourth-order valence-electron chi connectivity index (χ4n) is 4.19. The molecule has 0 spiro atoms. The van der Waals surface area contributed by atoms with Crippen molar-refractivity contribution in [2.24, 2.45) is 22.0 Å². The normalized spacial score (nSPS) is 27.8. The van der Waals surface area contributed by atoms with Gasteiger partial charge < -0.3 is 5.73 Å². The van der Waals surface area contributed by atoms with Gasteiger partial charge in [0.2, 0.25) is 0 Å². The molecule has 90 valence electrons. The second kappa shape index (κ2) is 3.76. The van der Waals surface area contributed by atoms with Crippen LogP contribution >= 0.6 is 0 Å². The summed E-state index contributed by atoms with van der Waals surface area (Å²) in [5.74, 6) is 0. The Balaban J connectivity index is 3.17. The van der Waals surface area contributed by atoms with Crippen molar-refractivity contribution >= 4 is 0 Å². The molecule has 1 aliphatic carbocycles. The quantitative estimate of drug-likeness (QED) is 0.644. The van der Waals surface area contributed by atoms with E-state index in [2.05, 4.69) is 41.5 Å². The zero-order valence-corrected chi connectivity index (χ0v) is 11.5. The Bertz CT molecular complexity index is 202. The first-order valence-electron chi connectivity index (χ1n) is 6.38. The molecular weight excluding hydrogens is 182 g/mol. The van der Waals surface area contributed by atoms with Crippen LogP contribution in [0.3, 0.4) is 0 Å². The van der Waals surface area contributed by atoms with Gasteiger partial charge in [0, 0.05) is 6.04 Å². The summed E-state index contributed by atoms with van der Waals surface area (Å²) in [6.07, 6.45) is 5.16. The van der Waals surface area contributed by atoms with Gasteiger partial charge in [-0.1, -0.05) is 54.4 Å². The second-order valence-electron chi connectivity index (χ2n) is 7.32. The van der Waals surface area contributed by atoms with E-state index >= 15 is 0 Å². The maximum atomic E-state index is 6.49. The Labute approximate surface area is 95.8 Å². The molecule has 0 radical (unpaired) electrons. The first kappa shape index (κ1) is 13.0. The zero-order chi connectivity index (χ0) is 11.9. The van der Waals surface area contributed by atoms with Gasteiger partial charge in [-0.15, -0.1) is 0 Å². The van der Waals surface area contributed by atoms with Crippen LogP contribution in [-0.4, -0.2) is 6.04 Å². The zero-order valence-electron chi connectivity index (χ0n) is 11.5. The van der Waals surface area contributed by atoms with Gasteiger partial charge in [-0.25, -0.2) is 0 Å². The van der Waals surface area contributed by atoms with Crippen molar-refractivity contribution in [2.45, 2.75) is 73.3 Å². The highest BCUT2D eigenvalue weighted by molar-refractivity contribution is 5.06. The topological polar surface area (TPSA) is 26.0 Å². The highest BCUT2D eigenvalue weighted by atomic mass is 14.8. The van der Waals surface area contributed by atoms with Gasteiger partial charge in [-0.3, -0.25) is 0 Å². The highest BCUT2D eigenvalue weighted by Gasteiger charge is 2.54. The van der Waals surface area contributed by atoms with Gasteiger partial charge in [-0.2, -0.15) is 0 Å². The van der Waals surface area contributed by atoms with Gasteiger partial charge in [-0.05, 0) is 29.1 Å². The van der Waals surface area contributed by atoms with E-state index < -0.39 is 0 Å². The summed E-state index contributed by atoms with van der Waals surface area (Å²) in [6, 6.07) is 0.367. The SMILES string of the molecule is CC(C)(C)C1(C(C)(C)C)CCCC[C@H]1N. The smallest absolute Gasteiger partial charge is 0.0106 e. The van der Waals surface area contributed by atoms with Gasteiger partial charge in [0.15, 0.2) is 0 Å². The average molecular weight is 211 g/mol. The molecule has 0 unspecified atom stereocenters. The van der Waals surface area contributed by atoms with E-state index in [0.29, 0.717) is 16.9 Å².